The number of hydrogen-bond donors (Lipinski definition) is 1. The Balaban J connectivity index is 2.15. The Morgan fingerprint density at radius 2 is 2.42 bits per heavy atom. The zero-order valence-electron chi connectivity index (χ0n) is 11.6. The minimum absolute atomic E-state index is 0.184. The summed E-state index contributed by atoms with van der Waals surface area (Å²) in [4.78, 5) is 17.5. The molecule has 1 amide bonds. The molecule has 1 aliphatic heterocycles. The molecule has 2 heterocycles. The van der Waals surface area contributed by atoms with E-state index in [4.69, 9.17) is 0 Å². The number of unbranched alkanes of at least 4 members (excludes halogenated alkanes) is 1. The lowest BCUT2D eigenvalue weighted by Crippen LogP contribution is -2.32. The highest BCUT2D eigenvalue weighted by Crippen LogP contribution is 2.32. The predicted octanol–water partition coefficient (Wildman–Crippen LogP) is 2.98. The average molecular weight is 261 g/mol. The molecule has 4 heteroatoms. The molecule has 1 saturated heterocycles. The molecular weight excluding hydrogens is 238 g/mol. The number of pyridine rings is 1. The number of nitrogens with zero attached hydrogens (tertiary/aromatic N) is 2. The van der Waals surface area contributed by atoms with Gasteiger partial charge >= 0.3 is 0 Å². The third-order valence-electron chi connectivity index (χ3n) is 3.70. The van der Waals surface area contributed by atoms with Gasteiger partial charge in [0.05, 0.1) is 6.04 Å². The van der Waals surface area contributed by atoms with Gasteiger partial charge in [-0.1, -0.05) is 19.4 Å². The minimum Gasteiger partial charge on any atom is -0.370 e. The Morgan fingerprint density at radius 1 is 1.53 bits per heavy atom. The Bertz CT molecular complexity index is 408. The number of rotatable bonds is 6. The van der Waals surface area contributed by atoms with Gasteiger partial charge in [0.2, 0.25) is 6.41 Å². The van der Waals surface area contributed by atoms with Crippen molar-refractivity contribution in [3.05, 3.63) is 23.9 Å². The van der Waals surface area contributed by atoms with Crippen molar-refractivity contribution in [1.29, 1.82) is 0 Å². The molecule has 19 heavy (non-hydrogen) atoms. The maximum atomic E-state index is 11.2. The van der Waals surface area contributed by atoms with Crippen LogP contribution in [0.4, 0.5) is 5.82 Å². The highest BCUT2D eigenvalue weighted by Gasteiger charge is 2.24. The topological polar surface area (TPSA) is 45.2 Å². The number of carbonyl (C=O) groups excluding carboxylic acids is 1. The maximum absolute atomic E-state index is 11.2. The molecule has 1 aliphatic rings. The summed E-state index contributed by atoms with van der Waals surface area (Å²) in [5.41, 5.74) is 1.16. The summed E-state index contributed by atoms with van der Waals surface area (Å²) >= 11 is 0. The van der Waals surface area contributed by atoms with E-state index in [9.17, 15) is 4.79 Å². The first-order chi connectivity index (χ1) is 9.36. The minimum atomic E-state index is 0.184. The zero-order chi connectivity index (χ0) is 13.5. The molecule has 0 aromatic carbocycles. The molecule has 0 bridgehead atoms. The van der Waals surface area contributed by atoms with Gasteiger partial charge < -0.3 is 10.2 Å². The normalized spacial score (nSPS) is 19.2. The van der Waals surface area contributed by atoms with Gasteiger partial charge in [-0.25, -0.2) is 4.98 Å². The summed E-state index contributed by atoms with van der Waals surface area (Å²) in [5, 5.41) is 3.40. The molecular formula is C15H23N3O. The van der Waals surface area contributed by atoms with E-state index in [0.29, 0.717) is 0 Å². The van der Waals surface area contributed by atoms with Gasteiger partial charge in [0.15, 0.2) is 0 Å². The van der Waals surface area contributed by atoms with Crippen LogP contribution >= 0.6 is 0 Å². The largest absolute Gasteiger partial charge is 0.370 e. The lowest BCUT2D eigenvalue weighted by molar-refractivity contribution is -0.121. The molecule has 1 aromatic rings. The maximum Gasteiger partial charge on any atom is 0.210 e. The van der Waals surface area contributed by atoms with Crippen molar-refractivity contribution in [2.45, 2.75) is 45.1 Å². The van der Waals surface area contributed by atoms with Crippen molar-refractivity contribution in [1.82, 2.24) is 9.88 Å². The molecule has 0 aliphatic carbocycles. The van der Waals surface area contributed by atoms with Crippen LogP contribution < -0.4 is 5.32 Å². The van der Waals surface area contributed by atoms with Gasteiger partial charge in [0.1, 0.15) is 5.82 Å². The van der Waals surface area contributed by atoms with E-state index in [1.807, 2.05) is 17.2 Å². The fourth-order valence-electron chi connectivity index (χ4n) is 2.63. The van der Waals surface area contributed by atoms with E-state index in [2.05, 4.69) is 23.3 Å². The zero-order valence-corrected chi connectivity index (χ0v) is 11.6. The van der Waals surface area contributed by atoms with Crippen LogP contribution in [0.1, 0.15) is 50.6 Å². The van der Waals surface area contributed by atoms with Crippen LogP contribution in [0.2, 0.25) is 0 Å². The van der Waals surface area contributed by atoms with E-state index in [1.165, 1.54) is 12.8 Å². The van der Waals surface area contributed by atoms with Crippen molar-refractivity contribution in [3.8, 4) is 0 Å². The van der Waals surface area contributed by atoms with E-state index in [0.717, 1.165) is 50.1 Å². The van der Waals surface area contributed by atoms with Gasteiger partial charge in [-0.15, -0.1) is 0 Å². The summed E-state index contributed by atoms with van der Waals surface area (Å²) in [7, 11) is 0. The first-order valence-corrected chi connectivity index (χ1v) is 7.26. The molecule has 104 valence electrons. The third-order valence-corrected chi connectivity index (χ3v) is 3.70. The number of piperidine rings is 1. The molecule has 0 saturated carbocycles. The molecule has 4 nitrogen and oxygen atoms in total. The molecule has 0 unspecified atom stereocenters. The molecule has 0 spiro atoms. The summed E-state index contributed by atoms with van der Waals surface area (Å²) in [6.45, 7) is 3.97. The van der Waals surface area contributed by atoms with E-state index < -0.39 is 0 Å². The molecule has 0 radical (unpaired) electrons. The van der Waals surface area contributed by atoms with Crippen LogP contribution in [0.15, 0.2) is 18.3 Å². The number of likely N-dealkylation sites (tertiary alicyclic amines) is 1. The first-order valence-electron chi connectivity index (χ1n) is 7.26. The molecule has 1 N–H and O–H groups in total. The summed E-state index contributed by atoms with van der Waals surface area (Å²) < 4.78 is 0. The molecule has 1 atom stereocenters. The Morgan fingerprint density at radius 3 is 3.21 bits per heavy atom. The van der Waals surface area contributed by atoms with E-state index in [-0.39, 0.29) is 6.04 Å². The van der Waals surface area contributed by atoms with Crippen molar-refractivity contribution >= 4 is 12.2 Å². The number of amides is 1. The smallest absolute Gasteiger partial charge is 0.210 e. The Kier molecular flexibility index (Phi) is 5.19. The van der Waals surface area contributed by atoms with Crippen molar-refractivity contribution in [2.24, 2.45) is 0 Å². The predicted molar refractivity (Wildman–Crippen MR) is 77.0 cm³/mol. The number of nitrogens with one attached hydrogen (secondary N) is 1. The Labute approximate surface area is 115 Å². The fraction of sp³-hybridized carbons (Fsp3) is 0.600. The Hall–Kier alpha value is -1.58. The van der Waals surface area contributed by atoms with Crippen molar-refractivity contribution in [3.63, 3.8) is 0 Å². The van der Waals surface area contributed by atoms with Crippen LogP contribution in [-0.4, -0.2) is 29.4 Å². The van der Waals surface area contributed by atoms with Crippen molar-refractivity contribution < 1.29 is 4.79 Å². The number of anilines is 1. The van der Waals surface area contributed by atoms with Crippen molar-refractivity contribution in [2.75, 3.05) is 18.4 Å². The van der Waals surface area contributed by atoms with Crippen LogP contribution in [-0.2, 0) is 4.79 Å². The number of carbonyl (C=O) groups is 1. The second-order valence-electron chi connectivity index (χ2n) is 5.08. The number of aromatic nitrogens is 1. The summed E-state index contributed by atoms with van der Waals surface area (Å²) in [6.07, 6.45) is 8.41. The van der Waals surface area contributed by atoms with Crippen LogP contribution in [0.5, 0.6) is 0 Å². The molecule has 1 fully saturated rings. The first kappa shape index (κ1) is 13.8. The van der Waals surface area contributed by atoms with E-state index >= 15 is 0 Å². The third kappa shape index (κ3) is 3.46. The summed E-state index contributed by atoms with van der Waals surface area (Å²) in [5.74, 6) is 0.940. The van der Waals surface area contributed by atoms with Gasteiger partial charge in [-0.05, 0) is 31.7 Å². The van der Waals surface area contributed by atoms with Gasteiger partial charge in [-0.2, -0.15) is 0 Å². The lowest BCUT2D eigenvalue weighted by atomic mass is 9.96. The fourth-order valence-corrected chi connectivity index (χ4v) is 2.63. The monoisotopic (exact) mass is 261 g/mol. The van der Waals surface area contributed by atoms with Gasteiger partial charge in [-0.3, -0.25) is 4.79 Å². The quantitative estimate of drug-likeness (QED) is 0.632. The van der Waals surface area contributed by atoms with Crippen LogP contribution in [0.25, 0.3) is 0 Å². The van der Waals surface area contributed by atoms with Gasteiger partial charge in [0, 0.05) is 24.8 Å². The molecule has 1 aromatic heterocycles. The average Bonchev–Trinajstić information content (AvgIpc) is 2.48. The second kappa shape index (κ2) is 7.12. The molecule has 2 rings (SSSR count). The van der Waals surface area contributed by atoms with Gasteiger partial charge in [0.25, 0.3) is 0 Å². The highest BCUT2D eigenvalue weighted by molar-refractivity contribution is 5.53. The lowest BCUT2D eigenvalue weighted by Gasteiger charge is -2.33. The highest BCUT2D eigenvalue weighted by atomic mass is 16.1. The standard InChI is InChI=1S/C15H23N3O/c1-2-3-9-16-15-13(7-6-10-17-15)14-8-4-5-11-18(14)12-19/h6-7,10,12,14H,2-5,8-9,11H2,1H3,(H,16,17)/t14-/m1/s1. The second-order valence-corrected chi connectivity index (χ2v) is 5.08. The SMILES string of the molecule is CCCCNc1ncccc1[C@H]1CCCCN1C=O. The number of hydrogen-bond acceptors (Lipinski definition) is 3. The van der Waals surface area contributed by atoms with E-state index in [1.54, 1.807) is 0 Å². The van der Waals surface area contributed by atoms with Crippen LogP contribution in [0, 0.1) is 0 Å². The summed E-state index contributed by atoms with van der Waals surface area (Å²) in [6, 6.07) is 4.23. The van der Waals surface area contributed by atoms with Crippen LogP contribution in [0.3, 0.4) is 0 Å².